The van der Waals surface area contributed by atoms with Crippen LogP contribution in [-0.4, -0.2) is 21.2 Å². The molecule has 0 saturated carbocycles. The zero-order valence-electron chi connectivity index (χ0n) is 19.5. The Balaban J connectivity index is 1.72. The molecule has 5 nitrogen and oxygen atoms in total. The minimum atomic E-state index is -0.130. The number of carbonyl (C=O) groups excluding carboxylic acids is 1. The fourth-order valence-electron chi connectivity index (χ4n) is 3.75. The van der Waals surface area contributed by atoms with Crippen molar-refractivity contribution in [2.24, 2.45) is 0 Å². The van der Waals surface area contributed by atoms with Crippen LogP contribution in [0.25, 0.3) is 15.9 Å². The fraction of sp³-hybridized carbons (Fsp3) is 0.269. The molecule has 0 bridgehead atoms. The number of amides is 1. The summed E-state index contributed by atoms with van der Waals surface area (Å²) in [6.45, 7) is 10.1. The first-order chi connectivity index (χ1) is 15.8. The van der Waals surface area contributed by atoms with Gasteiger partial charge in [0.1, 0.15) is 4.83 Å². The number of anilines is 1. The Morgan fingerprint density at radius 2 is 1.76 bits per heavy atom. The third-order valence-corrected chi connectivity index (χ3v) is 7.91. The van der Waals surface area contributed by atoms with Crippen LogP contribution >= 0.6 is 23.1 Å². The van der Waals surface area contributed by atoms with Crippen LogP contribution in [-0.2, 0) is 11.2 Å². The number of aromatic nitrogens is 2. The maximum Gasteiger partial charge on any atom is 0.267 e. The van der Waals surface area contributed by atoms with Crippen LogP contribution in [0.1, 0.15) is 34.1 Å². The Morgan fingerprint density at radius 3 is 2.45 bits per heavy atom. The maximum atomic E-state index is 13.6. The highest BCUT2D eigenvalue weighted by molar-refractivity contribution is 7.99. The van der Waals surface area contributed by atoms with E-state index < -0.39 is 0 Å². The second kappa shape index (κ2) is 9.53. The molecule has 0 spiro atoms. The van der Waals surface area contributed by atoms with Gasteiger partial charge in [0, 0.05) is 10.6 Å². The number of aryl methyl sites for hydroxylation is 5. The van der Waals surface area contributed by atoms with Crippen LogP contribution < -0.4 is 10.9 Å². The highest BCUT2D eigenvalue weighted by Crippen LogP contribution is 2.30. The average molecular weight is 478 g/mol. The molecule has 0 atom stereocenters. The predicted octanol–water partition coefficient (Wildman–Crippen LogP) is 5.97. The minimum Gasteiger partial charge on any atom is -0.325 e. The topological polar surface area (TPSA) is 64.0 Å². The van der Waals surface area contributed by atoms with E-state index in [1.165, 1.54) is 16.6 Å². The zero-order valence-corrected chi connectivity index (χ0v) is 21.1. The molecule has 4 rings (SSSR count). The number of hydrogen-bond acceptors (Lipinski definition) is 5. The van der Waals surface area contributed by atoms with Gasteiger partial charge < -0.3 is 5.32 Å². The Labute approximate surface area is 201 Å². The normalized spacial score (nSPS) is 11.2. The lowest BCUT2D eigenvalue weighted by Gasteiger charge is -2.13. The standard InChI is InChI=1S/C26H27N3O2S2/c1-6-21-18(5)23-24(33-21)28-26(29(25(23)31)19-11-8-15(2)9-12-19)32-14-22(30)27-20-13-16(3)7-10-17(20)4/h7-13H,6,14H2,1-5H3,(H,27,30). The molecule has 0 aliphatic rings. The van der Waals surface area contributed by atoms with Gasteiger partial charge in [0.25, 0.3) is 5.56 Å². The second-order valence-corrected chi connectivity index (χ2v) is 10.2. The lowest BCUT2D eigenvalue weighted by molar-refractivity contribution is -0.113. The van der Waals surface area contributed by atoms with Crippen molar-refractivity contribution < 1.29 is 4.79 Å². The van der Waals surface area contributed by atoms with Gasteiger partial charge >= 0.3 is 0 Å². The smallest absolute Gasteiger partial charge is 0.267 e. The summed E-state index contributed by atoms with van der Waals surface area (Å²) < 4.78 is 1.64. The van der Waals surface area contributed by atoms with E-state index in [1.54, 1.807) is 15.9 Å². The fourth-order valence-corrected chi connectivity index (χ4v) is 5.72. The number of hydrogen-bond donors (Lipinski definition) is 1. The predicted molar refractivity (Wildman–Crippen MR) is 139 cm³/mol. The summed E-state index contributed by atoms with van der Waals surface area (Å²) in [6.07, 6.45) is 0.859. The van der Waals surface area contributed by atoms with Gasteiger partial charge in [-0.1, -0.05) is 48.5 Å². The molecular formula is C26H27N3O2S2. The van der Waals surface area contributed by atoms with Crippen LogP contribution in [0, 0.1) is 27.7 Å². The quantitative estimate of drug-likeness (QED) is 0.274. The molecule has 170 valence electrons. The van der Waals surface area contributed by atoms with Crippen molar-refractivity contribution in [3.63, 3.8) is 0 Å². The van der Waals surface area contributed by atoms with Crippen molar-refractivity contribution >= 4 is 44.9 Å². The second-order valence-electron chi connectivity index (χ2n) is 8.21. The Bertz CT molecular complexity index is 1400. The van der Waals surface area contributed by atoms with E-state index >= 15 is 0 Å². The van der Waals surface area contributed by atoms with Gasteiger partial charge in [0.2, 0.25) is 5.91 Å². The number of nitrogens with zero attached hydrogens (tertiary/aromatic N) is 2. The molecule has 4 aromatic rings. The van der Waals surface area contributed by atoms with E-state index in [-0.39, 0.29) is 17.2 Å². The van der Waals surface area contributed by atoms with E-state index in [4.69, 9.17) is 4.98 Å². The van der Waals surface area contributed by atoms with E-state index in [0.717, 1.165) is 44.9 Å². The Morgan fingerprint density at radius 1 is 1.06 bits per heavy atom. The summed E-state index contributed by atoms with van der Waals surface area (Å²) in [6, 6.07) is 13.8. The molecular weight excluding hydrogens is 450 g/mol. The van der Waals surface area contributed by atoms with Crippen molar-refractivity contribution in [3.05, 3.63) is 79.9 Å². The van der Waals surface area contributed by atoms with Crippen molar-refractivity contribution in [2.75, 3.05) is 11.1 Å². The number of carbonyl (C=O) groups is 1. The van der Waals surface area contributed by atoms with Crippen molar-refractivity contribution in [3.8, 4) is 5.69 Å². The summed E-state index contributed by atoms with van der Waals surface area (Å²) in [5.74, 6) is 0.0254. The molecule has 0 unspecified atom stereocenters. The third kappa shape index (κ3) is 4.75. The van der Waals surface area contributed by atoms with Crippen molar-refractivity contribution in [1.82, 2.24) is 9.55 Å². The van der Waals surface area contributed by atoms with Gasteiger partial charge in [0.15, 0.2) is 5.16 Å². The summed E-state index contributed by atoms with van der Waals surface area (Å²) >= 11 is 2.84. The molecule has 1 amide bonds. The molecule has 7 heteroatoms. The van der Waals surface area contributed by atoms with Gasteiger partial charge in [-0.15, -0.1) is 11.3 Å². The van der Waals surface area contributed by atoms with E-state index in [9.17, 15) is 9.59 Å². The maximum absolute atomic E-state index is 13.6. The molecule has 33 heavy (non-hydrogen) atoms. The summed E-state index contributed by atoms with van der Waals surface area (Å²) in [5.41, 5.74) is 5.68. The lowest BCUT2D eigenvalue weighted by atomic mass is 10.1. The van der Waals surface area contributed by atoms with Gasteiger partial charge in [-0.3, -0.25) is 14.2 Å². The van der Waals surface area contributed by atoms with E-state index in [2.05, 4.69) is 12.2 Å². The first kappa shape index (κ1) is 23.3. The third-order valence-electron chi connectivity index (χ3n) is 5.65. The summed E-state index contributed by atoms with van der Waals surface area (Å²) in [7, 11) is 0. The molecule has 1 N–H and O–H groups in total. The zero-order chi connectivity index (χ0) is 23.7. The van der Waals surface area contributed by atoms with Crippen LogP contribution in [0.2, 0.25) is 0 Å². The number of benzene rings is 2. The summed E-state index contributed by atoms with van der Waals surface area (Å²) in [5, 5.41) is 4.18. The van der Waals surface area contributed by atoms with Crippen molar-refractivity contribution in [2.45, 2.75) is 46.2 Å². The van der Waals surface area contributed by atoms with Gasteiger partial charge in [0.05, 0.1) is 16.8 Å². The van der Waals surface area contributed by atoms with E-state index in [0.29, 0.717) is 10.5 Å². The van der Waals surface area contributed by atoms with Crippen LogP contribution in [0.4, 0.5) is 5.69 Å². The molecule has 0 fully saturated rings. The van der Waals surface area contributed by atoms with Crippen LogP contribution in [0.15, 0.2) is 52.4 Å². The largest absolute Gasteiger partial charge is 0.325 e. The van der Waals surface area contributed by atoms with Crippen LogP contribution in [0.3, 0.4) is 0 Å². The van der Waals surface area contributed by atoms with Crippen molar-refractivity contribution in [1.29, 1.82) is 0 Å². The number of nitrogens with one attached hydrogen (secondary N) is 1. The minimum absolute atomic E-state index is 0.0882. The van der Waals surface area contributed by atoms with Crippen LogP contribution in [0.5, 0.6) is 0 Å². The molecule has 2 heterocycles. The number of thioether (sulfide) groups is 1. The highest BCUT2D eigenvalue weighted by Gasteiger charge is 2.19. The molecule has 0 radical (unpaired) electrons. The van der Waals surface area contributed by atoms with Gasteiger partial charge in [-0.25, -0.2) is 4.98 Å². The number of thiophene rings is 1. The molecule has 0 saturated heterocycles. The average Bonchev–Trinajstić information content (AvgIpc) is 3.11. The Kier molecular flexibility index (Phi) is 6.72. The monoisotopic (exact) mass is 477 g/mol. The molecule has 2 aromatic carbocycles. The van der Waals surface area contributed by atoms with E-state index in [1.807, 2.05) is 70.2 Å². The lowest BCUT2D eigenvalue weighted by Crippen LogP contribution is -2.23. The Hall–Kier alpha value is -2.90. The first-order valence-corrected chi connectivity index (χ1v) is 12.7. The number of rotatable bonds is 6. The highest BCUT2D eigenvalue weighted by atomic mass is 32.2. The van der Waals surface area contributed by atoms with Gasteiger partial charge in [-0.2, -0.15) is 0 Å². The SMILES string of the molecule is CCc1sc2nc(SCC(=O)Nc3cc(C)ccc3C)n(-c3ccc(C)cc3)c(=O)c2c1C. The number of fused-ring (bicyclic) bond motifs is 1. The molecule has 0 aliphatic carbocycles. The molecule has 2 aromatic heterocycles. The summed E-state index contributed by atoms with van der Waals surface area (Å²) in [4.78, 5) is 33.1. The van der Waals surface area contributed by atoms with Gasteiger partial charge in [-0.05, 0) is 69.0 Å². The first-order valence-electron chi connectivity index (χ1n) is 10.9. The molecule has 0 aliphatic heterocycles.